The first-order valence-electron chi connectivity index (χ1n) is 8.56. The number of morpholine rings is 1. The van der Waals surface area contributed by atoms with Gasteiger partial charge in [-0.2, -0.15) is 4.98 Å². The topological polar surface area (TPSA) is 84.5 Å². The van der Waals surface area contributed by atoms with Crippen LogP contribution in [0.5, 0.6) is 5.75 Å². The molecule has 1 aromatic heterocycles. The summed E-state index contributed by atoms with van der Waals surface area (Å²) in [4.78, 5) is 10.7. The normalized spacial score (nSPS) is 17.7. The SMILES string of the molecule is CCCCc1c(Cl)nc(N)nc1N1CCOC(c2cccc(O)c2)C1. The van der Waals surface area contributed by atoms with Gasteiger partial charge in [-0.15, -0.1) is 0 Å². The van der Waals surface area contributed by atoms with Crippen molar-refractivity contribution < 1.29 is 9.84 Å². The summed E-state index contributed by atoms with van der Waals surface area (Å²) in [5, 5.41) is 10.1. The van der Waals surface area contributed by atoms with E-state index in [1.807, 2.05) is 12.1 Å². The van der Waals surface area contributed by atoms with Crippen molar-refractivity contribution in [3.63, 3.8) is 0 Å². The molecular formula is C18H23ClN4O2. The highest BCUT2D eigenvalue weighted by Crippen LogP contribution is 2.32. The Morgan fingerprint density at radius 1 is 1.40 bits per heavy atom. The number of nitrogen functional groups attached to an aromatic ring is 1. The Balaban J connectivity index is 1.88. The maximum atomic E-state index is 9.72. The summed E-state index contributed by atoms with van der Waals surface area (Å²) in [5.41, 5.74) is 7.71. The summed E-state index contributed by atoms with van der Waals surface area (Å²) in [6.45, 7) is 4.03. The molecule has 1 aliphatic rings. The number of halogens is 1. The van der Waals surface area contributed by atoms with Gasteiger partial charge >= 0.3 is 0 Å². The molecular weight excluding hydrogens is 340 g/mol. The first-order valence-corrected chi connectivity index (χ1v) is 8.93. The Morgan fingerprint density at radius 2 is 2.24 bits per heavy atom. The van der Waals surface area contributed by atoms with Gasteiger partial charge < -0.3 is 20.5 Å². The van der Waals surface area contributed by atoms with Gasteiger partial charge in [0.25, 0.3) is 0 Å². The molecule has 0 amide bonds. The number of phenolic OH excluding ortho intramolecular Hbond substituents is 1. The smallest absolute Gasteiger partial charge is 0.223 e. The number of aromatic nitrogens is 2. The van der Waals surface area contributed by atoms with Crippen LogP contribution >= 0.6 is 11.6 Å². The maximum absolute atomic E-state index is 9.72. The lowest BCUT2D eigenvalue weighted by Crippen LogP contribution is -2.39. The molecule has 0 radical (unpaired) electrons. The summed E-state index contributed by atoms with van der Waals surface area (Å²) >= 11 is 6.34. The number of hydrogen-bond donors (Lipinski definition) is 2. The number of benzene rings is 1. The van der Waals surface area contributed by atoms with Crippen molar-refractivity contribution in [2.24, 2.45) is 0 Å². The first kappa shape index (κ1) is 17.8. The van der Waals surface area contributed by atoms with Crippen LogP contribution in [0.25, 0.3) is 0 Å². The molecule has 6 nitrogen and oxygen atoms in total. The van der Waals surface area contributed by atoms with Crippen molar-refractivity contribution in [2.75, 3.05) is 30.3 Å². The quantitative estimate of drug-likeness (QED) is 0.793. The molecule has 2 aromatic rings. The van der Waals surface area contributed by atoms with Crippen molar-refractivity contribution in [1.82, 2.24) is 9.97 Å². The second-order valence-corrected chi connectivity index (χ2v) is 6.54. The molecule has 7 heteroatoms. The van der Waals surface area contributed by atoms with Gasteiger partial charge in [0.2, 0.25) is 5.95 Å². The molecule has 1 unspecified atom stereocenters. The molecule has 0 bridgehead atoms. The second kappa shape index (κ2) is 7.89. The lowest BCUT2D eigenvalue weighted by Gasteiger charge is -2.35. The number of hydrogen-bond acceptors (Lipinski definition) is 6. The molecule has 0 spiro atoms. The highest BCUT2D eigenvalue weighted by Gasteiger charge is 2.26. The number of ether oxygens (including phenoxy) is 1. The van der Waals surface area contributed by atoms with Gasteiger partial charge in [-0.1, -0.05) is 37.1 Å². The zero-order valence-corrected chi connectivity index (χ0v) is 15.0. The van der Waals surface area contributed by atoms with E-state index in [4.69, 9.17) is 22.1 Å². The van der Waals surface area contributed by atoms with E-state index in [1.165, 1.54) is 0 Å². The molecule has 2 heterocycles. The Bertz CT molecular complexity index is 741. The summed E-state index contributed by atoms with van der Waals surface area (Å²) in [5.74, 6) is 1.20. The van der Waals surface area contributed by atoms with Crippen LogP contribution in [0.15, 0.2) is 24.3 Å². The Kier molecular flexibility index (Phi) is 5.60. The van der Waals surface area contributed by atoms with E-state index in [1.54, 1.807) is 12.1 Å². The van der Waals surface area contributed by atoms with Crippen LogP contribution in [0.2, 0.25) is 5.15 Å². The minimum atomic E-state index is -0.144. The summed E-state index contributed by atoms with van der Waals surface area (Å²) in [6, 6.07) is 7.15. The van der Waals surface area contributed by atoms with Crippen LogP contribution in [0, 0.1) is 0 Å². The Morgan fingerprint density at radius 3 is 3.00 bits per heavy atom. The van der Waals surface area contributed by atoms with Crippen molar-refractivity contribution >= 4 is 23.4 Å². The fraction of sp³-hybridized carbons (Fsp3) is 0.444. The van der Waals surface area contributed by atoms with E-state index < -0.39 is 0 Å². The van der Waals surface area contributed by atoms with Crippen LogP contribution < -0.4 is 10.6 Å². The third kappa shape index (κ3) is 4.14. The van der Waals surface area contributed by atoms with Crippen LogP contribution in [-0.4, -0.2) is 34.8 Å². The number of phenols is 1. The number of rotatable bonds is 5. The van der Waals surface area contributed by atoms with Gasteiger partial charge in [-0.3, -0.25) is 0 Å². The second-order valence-electron chi connectivity index (χ2n) is 6.18. The van der Waals surface area contributed by atoms with E-state index in [2.05, 4.69) is 21.8 Å². The van der Waals surface area contributed by atoms with Gasteiger partial charge in [0.15, 0.2) is 0 Å². The summed E-state index contributed by atoms with van der Waals surface area (Å²) in [6.07, 6.45) is 2.75. The zero-order chi connectivity index (χ0) is 17.8. The predicted octanol–water partition coefficient (Wildman–Crippen LogP) is 3.34. The standard InChI is InChI=1S/C18H23ClN4O2/c1-2-3-7-14-16(19)21-18(20)22-17(14)23-8-9-25-15(11-23)12-5-4-6-13(24)10-12/h4-6,10,15,24H,2-3,7-9,11H2,1H3,(H2,20,21,22). The molecule has 25 heavy (non-hydrogen) atoms. The molecule has 3 rings (SSSR count). The van der Waals surface area contributed by atoms with Gasteiger partial charge in [0.1, 0.15) is 22.8 Å². The van der Waals surface area contributed by atoms with Crippen LogP contribution in [0.1, 0.15) is 37.0 Å². The summed E-state index contributed by atoms with van der Waals surface area (Å²) < 4.78 is 5.89. The molecule has 1 aromatic carbocycles. The molecule has 1 atom stereocenters. The molecule has 3 N–H and O–H groups in total. The van der Waals surface area contributed by atoms with Crippen molar-refractivity contribution in [1.29, 1.82) is 0 Å². The lowest BCUT2D eigenvalue weighted by molar-refractivity contribution is 0.0393. The van der Waals surface area contributed by atoms with Gasteiger partial charge in [0.05, 0.1) is 6.61 Å². The van der Waals surface area contributed by atoms with Gasteiger partial charge in [-0.05, 0) is 30.5 Å². The van der Waals surface area contributed by atoms with E-state index in [0.29, 0.717) is 24.8 Å². The van der Waals surface area contributed by atoms with Crippen molar-refractivity contribution in [3.05, 3.63) is 40.5 Å². The highest BCUT2D eigenvalue weighted by molar-refractivity contribution is 6.30. The largest absolute Gasteiger partial charge is 0.508 e. The minimum absolute atomic E-state index is 0.144. The van der Waals surface area contributed by atoms with Gasteiger partial charge in [0, 0.05) is 18.7 Å². The van der Waals surface area contributed by atoms with E-state index in [-0.39, 0.29) is 17.8 Å². The Labute approximate surface area is 152 Å². The van der Waals surface area contributed by atoms with Crippen LogP contribution in [0.4, 0.5) is 11.8 Å². The first-order chi connectivity index (χ1) is 12.1. The molecule has 134 valence electrons. The van der Waals surface area contributed by atoms with Crippen molar-refractivity contribution in [3.8, 4) is 5.75 Å². The molecule has 1 saturated heterocycles. The number of anilines is 2. The third-order valence-electron chi connectivity index (χ3n) is 4.34. The molecule has 1 aliphatic heterocycles. The maximum Gasteiger partial charge on any atom is 0.223 e. The van der Waals surface area contributed by atoms with E-state index in [9.17, 15) is 5.11 Å². The number of nitrogens with two attached hydrogens (primary N) is 1. The molecule has 0 aliphatic carbocycles. The van der Waals surface area contributed by atoms with E-state index in [0.717, 1.165) is 36.2 Å². The Hall–Kier alpha value is -2.05. The van der Waals surface area contributed by atoms with E-state index >= 15 is 0 Å². The molecule has 0 saturated carbocycles. The average Bonchev–Trinajstić information content (AvgIpc) is 2.60. The fourth-order valence-corrected chi connectivity index (χ4v) is 3.33. The van der Waals surface area contributed by atoms with Gasteiger partial charge in [-0.25, -0.2) is 4.98 Å². The monoisotopic (exact) mass is 362 g/mol. The number of nitrogens with zero attached hydrogens (tertiary/aromatic N) is 3. The third-order valence-corrected chi connectivity index (χ3v) is 4.65. The zero-order valence-electron chi connectivity index (χ0n) is 14.3. The minimum Gasteiger partial charge on any atom is -0.508 e. The van der Waals surface area contributed by atoms with Crippen molar-refractivity contribution in [2.45, 2.75) is 32.3 Å². The molecule has 1 fully saturated rings. The highest BCUT2D eigenvalue weighted by atomic mass is 35.5. The van der Waals surface area contributed by atoms with Crippen LogP contribution in [-0.2, 0) is 11.2 Å². The predicted molar refractivity (Wildman–Crippen MR) is 99.1 cm³/mol. The lowest BCUT2D eigenvalue weighted by atomic mass is 10.1. The number of aromatic hydroxyl groups is 1. The summed E-state index contributed by atoms with van der Waals surface area (Å²) in [7, 11) is 0. The van der Waals surface area contributed by atoms with Crippen LogP contribution in [0.3, 0.4) is 0 Å². The number of unbranched alkanes of at least 4 members (excludes halogenated alkanes) is 1. The average molecular weight is 363 g/mol. The fourth-order valence-electron chi connectivity index (χ4n) is 3.06.